The highest BCUT2D eigenvalue weighted by Gasteiger charge is 2.57. The number of nitrogens with one attached hydrogen (secondary N) is 4. The van der Waals surface area contributed by atoms with Crippen LogP contribution in [0.3, 0.4) is 0 Å². The summed E-state index contributed by atoms with van der Waals surface area (Å²) in [4.78, 5) is 83.2. The topological polar surface area (TPSA) is 175 Å². The molecule has 2 saturated carbocycles. The van der Waals surface area contributed by atoms with E-state index in [0.29, 0.717) is 49.1 Å². The average Bonchev–Trinajstić information content (AvgIpc) is 4.22. The zero-order valence-corrected chi connectivity index (χ0v) is 41.6. The smallest absolute Gasteiger partial charge is 0.407 e. The van der Waals surface area contributed by atoms with Crippen LogP contribution in [0.4, 0.5) is 21.0 Å². The van der Waals surface area contributed by atoms with Gasteiger partial charge in [0.2, 0.25) is 23.6 Å². The highest BCUT2D eigenvalue weighted by atomic mass is 16.5. The second-order valence-electron chi connectivity index (χ2n) is 21.9. The predicted molar refractivity (Wildman–Crippen MR) is 268 cm³/mol. The zero-order valence-electron chi connectivity index (χ0n) is 41.6. The Balaban J connectivity index is 0.834. The van der Waals surface area contributed by atoms with E-state index in [0.717, 1.165) is 63.4 Å². The van der Waals surface area contributed by atoms with Crippen molar-refractivity contribution >= 4 is 52.8 Å². The van der Waals surface area contributed by atoms with Crippen LogP contribution in [-0.2, 0) is 28.7 Å². The van der Waals surface area contributed by atoms with Crippen LogP contribution in [-0.4, -0.2) is 97.1 Å². The van der Waals surface area contributed by atoms with Gasteiger partial charge >= 0.3 is 12.2 Å². The summed E-state index contributed by atoms with van der Waals surface area (Å²) >= 11 is 0. The number of amides is 6. The Kier molecular flexibility index (Phi) is 13.9. The zero-order chi connectivity index (χ0) is 49.5. The predicted octanol–water partition coefficient (Wildman–Crippen LogP) is 8.89. The van der Waals surface area contributed by atoms with Gasteiger partial charge in [0.05, 0.1) is 14.2 Å². The summed E-state index contributed by atoms with van der Waals surface area (Å²) < 4.78 is 9.59. The van der Waals surface area contributed by atoms with Gasteiger partial charge in [-0.15, -0.1) is 0 Å². The lowest BCUT2D eigenvalue weighted by molar-refractivity contribution is -0.139. The van der Waals surface area contributed by atoms with Gasteiger partial charge in [0.15, 0.2) is 0 Å². The number of allylic oxidation sites excluding steroid dienone is 8. The molecule has 7 atom stereocenters. The van der Waals surface area contributed by atoms with Gasteiger partial charge in [-0.3, -0.25) is 19.2 Å². The Bertz CT molecular complexity index is 2500. The number of likely N-dealkylation sites (tertiary alicyclic amines) is 2. The molecule has 10 aliphatic rings. The number of anilines is 2. The molecular weight excluding hydrogens is 885 g/mol. The number of methoxy groups -OCH3 is 2. The van der Waals surface area contributed by atoms with Crippen molar-refractivity contribution in [2.45, 2.75) is 128 Å². The Labute approximate surface area is 412 Å². The van der Waals surface area contributed by atoms with E-state index in [2.05, 4.69) is 75.9 Å². The number of rotatable bonds is 12. The van der Waals surface area contributed by atoms with Crippen LogP contribution < -0.4 is 21.3 Å². The van der Waals surface area contributed by atoms with Crippen LogP contribution in [0.2, 0.25) is 0 Å². The van der Waals surface area contributed by atoms with Crippen molar-refractivity contribution in [3.05, 3.63) is 101 Å². The Morgan fingerprint density at radius 3 is 1.66 bits per heavy atom. The molecule has 70 heavy (non-hydrogen) atoms. The Hall–Kier alpha value is -6.18. The first kappa shape index (κ1) is 48.8. The van der Waals surface area contributed by atoms with Crippen molar-refractivity contribution in [3.63, 3.8) is 0 Å². The van der Waals surface area contributed by atoms with Crippen LogP contribution >= 0.6 is 0 Å². The number of hydrogen-bond donors (Lipinski definition) is 4. The van der Waals surface area contributed by atoms with Crippen molar-refractivity contribution in [2.75, 3.05) is 37.9 Å². The van der Waals surface area contributed by atoms with Gasteiger partial charge in [-0.1, -0.05) is 87.9 Å². The van der Waals surface area contributed by atoms with Crippen LogP contribution in [0.1, 0.15) is 115 Å². The first-order valence-electron chi connectivity index (χ1n) is 25.5. The van der Waals surface area contributed by atoms with Gasteiger partial charge in [0, 0.05) is 30.4 Å². The summed E-state index contributed by atoms with van der Waals surface area (Å²) in [6.07, 6.45) is 20.7. The van der Waals surface area contributed by atoms with Gasteiger partial charge in [0.1, 0.15) is 24.2 Å². The lowest BCUT2D eigenvalue weighted by atomic mass is 9.74. The summed E-state index contributed by atoms with van der Waals surface area (Å²) in [5, 5.41) is 11.6. The minimum atomic E-state index is -0.792. The maximum Gasteiger partial charge on any atom is 0.407 e. The van der Waals surface area contributed by atoms with Crippen LogP contribution in [0.5, 0.6) is 0 Å². The molecule has 1 unspecified atom stereocenters. The van der Waals surface area contributed by atoms with Crippen LogP contribution in [0.15, 0.2) is 90.1 Å². The number of ether oxygens (including phenoxy) is 2. The molecule has 8 aliphatic carbocycles. The minimum Gasteiger partial charge on any atom is -0.453 e. The molecule has 0 aromatic heterocycles. The van der Waals surface area contributed by atoms with E-state index >= 15 is 0 Å². The number of carbonyl (C=O) groups is 6. The summed E-state index contributed by atoms with van der Waals surface area (Å²) in [5.41, 5.74) is 7.50. The van der Waals surface area contributed by atoms with Crippen molar-refractivity contribution in [1.82, 2.24) is 20.4 Å². The number of alkyl carbamates (subject to hydrolysis) is 2. The van der Waals surface area contributed by atoms with Gasteiger partial charge < -0.3 is 40.5 Å². The fourth-order valence-corrected chi connectivity index (χ4v) is 11.6. The van der Waals surface area contributed by atoms with Gasteiger partial charge in [-0.2, -0.15) is 0 Å². The van der Waals surface area contributed by atoms with Crippen LogP contribution in [0.25, 0.3) is 5.57 Å². The molecule has 2 aliphatic heterocycles. The molecule has 2 spiro atoms. The van der Waals surface area contributed by atoms with E-state index in [-0.39, 0.29) is 52.2 Å². The van der Waals surface area contributed by atoms with Crippen molar-refractivity contribution in [3.8, 4) is 0 Å². The SMILES string of the molecule is COC(=O)N[C@H](C(=O)N1CC2(CC2)C[C@H]1C(=O)Nc1ccc([C@@H]2C=C3C=CC2CC[C@H]2C=C(c4ccc(NC(=O)[C@@H]5CC6(CC6)CN5C(=O)[C@H](NC(=O)OC)C(C)C)cc4)C(=CC2)CC3)cc1)C(C)C. The molecule has 4 N–H and O–H groups in total. The third-order valence-corrected chi connectivity index (χ3v) is 16.3. The molecular formula is C56H70N6O8. The van der Waals surface area contributed by atoms with Crippen molar-refractivity contribution < 1.29 is 38.2 Å². The van der Waals surface area contributed by atoms with Crippen LogP contribution in [0, 0.1) is 34.5 Å². The van der Waals surface area contributed by atoms with E-state index in [1.54, 1.807) is 9.80 Å². The molecule has 2 saturated heterocycles. The number of benzene rings is 2. The minimum absolute atomic E-state index is 0.0295. The van der Waals surface area contributed by atoms with Crippen molar-refractivity contribution in [1.29, 1.82) is 0 Å². The molecule has 2 aromatic rings. The quantitative estimate of drug-likeness (QED) is 0.163. The standard InChI is InChI=1S/C56H70N6O8/c1-33(2)47(59-53(67)69-5)51(65)61-31-55(23-24-55)29-45(61)49(63)57-41-19-15-39(16-20-41)43-27-35-7-11-37(43)13-9-36-8-12-38(14-10-35)44(28-36)40-17-21-42(22-18-40)58-50(64)46-30-56(25-26-56)32-62(46)52(66)48(34(3)4)60-54(68)70-6/h7,11-12,15-22,27-28,33-34,36-37,43,45-48H,8-10,13-14,23-26,29-32H2,1-6H3,(H,57,63)(H,58,64)(H,59,67)(H,60,68)/t36-,37?,43+,45-,46-,47-,48+/m0/s1. The number of carbonyl (C=O) groups excluding carboxylic acids is 6. The maximum atomic E-state index is 13.9. The maximum absolute atomic E-state index is 13.9. The normalized spacial score (nSPS) is 25.5. The Morgan fingerprint density at radius 1 is 0.657 bits per heavy atom. The first-order chi connectivity index (χ1) is 33.6. The summed E-state index contributed by atoms with van der Waals surface area (Å²) in [7, 11) is 2.55. The largest absolute Gasteiger partial charge is 0.453 e. The summed E-state index contributed by atoms with van der Waals surface area (Å²) in [5.74, 6) is -0.401. The second-order valence-corrected chi connectivity index (χ2v) is 21.9. The van der Waals surface area contributed by atoms with Gasteiger partial charge in [-0.25, -0.2) is 9.59 Å². The fraction of sp³-hybridized carbons (Fsp3) is 0.536. The van der Waals surface area contributed by atoms with E-state index in [1.807, 2.05) is 52.0 Å². The molecule has 0 radical (unpaired) electrons. The molecule has 12 rings (SSSR count). The fourth-order valence-electron chi connectivity index (χ4n) is 11.6. The lowest BCUT2D eigenvalue weighted by Gasteiger charge is -2.31. The molecule has 4 bridgehead atoms. The molecule has 2 heterocycles. The lowest BCUT2D eigenvalue weighted by Crippen LogP contribution is -2.54. The summed E-state index contributed by atoms with van der Waals surface area (Å²) in [6, 6.07) is 13.5. The van der Waals surface area contributed by atoms with E-state index < -0.39 is 36.4 Å². The molecule has 6 amide bonds. The molecule has 2 aromatic carbocycles. The first-order valence-corrected chi connectivity index (χ1v) is 25.5. The molecule has 14 heteroatoms. The second kappa shape index (κ2) is 19.9. The van der Waals surface area contributed by atoms with E-state index in [9.17, 15) is 28.8 Å². The molecule has 14 nitrogen and oxygen atoms in total. The number of hydrogen-bond acceptors (Lipinski definition) is 8. The average molecular weight is 955 g/mol. The highest BCUT2D eigenvalue weighted by Crippen LogP contribution is 2.56. The van der Waals surface area contributed by atoms with Gasteiger partial charge in [0.25, 0.3) is 0 Å². The Morgan fingerprint density at radius 2 is 1.17 bits per heavy atom. The number of nitrogens with zero attached hydrogens (tertiary/aromatic N) is 2. The van der Waals surface area contributed by atoms with Crippen molar-refractivity contribution in [2.24, 2.45) is 34.5 Å². The van der Waals surface area contributed by atoms with E-state index in [4.69, 9.17) is 9.47 Å². The molecule has 4 fully saturated rings. The third kappa shape index (κ3) is 10.5. The highest BCUT2D eigenvalue weighted by molar-refractivity contribution is 6.00. The van der Waals surface area contributed by atoms with Gasteiger partial charge in [-0.05, 0) is 152 Å². The summed E-state index contributed by atoms with van der Waals surface area (Å²) in [6.45, 7) is 8.51. The monoisotopic (exact) mass is 955 g/mol. The molecule has 372 valence electrons. The van der Waals surface area contributed by atoms with E-state index in [1.165, 1.54) is 36.5 Å². The third-order valence-electron chi connectivity index (χ3n) is 16.3.